The second-order valence-corrected chi connectivity index (χ2v) is 5.25. The topological polar surface area (TPSA) is 56.8 Å². The Labute approximate surface area is 126 Å². The van der Waals surface area contributed by atoms with Crippen molar-refractivity contribution < 1.29 is 0 Å². The number of aromatic amines is 1. The van der Waals surface area contributed by atoms with Gasteiger partial charge < -0.3 is 10.2 Å². The fourth-order valence-electron chi connectivity index (χ4n) is 2.41. The number of nitrogens with zero attached hydrogens (tertiary/aromatic N) is 3. The molecule has 0 amide bonds. The van der Waals surface area contributed by atoms with Crippen LogP contribution in [0, 0.1) is 0 Å². The minimum absolute atomic E-state index is 0.422. The maximum atomic E-state index is 4.27. The summed E-state index contributed by atoms with van der Waals surface area (Å²) >= 11 is 0. The van der Waals surface area contributed by atoms with Gasteiger partial charge in [0.15, 0.2) is 0 Å². The van der Waals surface area contributed by atoms with Gasteiger partial charge in [0.05, 0.1) is 0 Å². The zero-order valence-electron chi connectivity index (χ0n) is 13.1. The number of H-pyrrole nitrogens is 1. The van der Waals surface area contributed by atoms with Crippen molar-refractivity contribution in [3.8, 4) is 11.3 Å². The summed E-state index contributed by atoms with van der Waals surface area (Å²) in [6.07, 6.45) is 0. The van der Waals surface area contributed by atoms with Gasteiger partial charge in [0, 0.05) is 24.7 Å². The molecule has 1 atom stereocenters. The van der Waals surface area contributed by atoms with E-state index in [0.717, 1.165) is 43.1 Å². The molecule has 1 heterocycles. The molecule has 5 heteroatoms. The van der Waals surface area contributed by atoms with E-state index >= 15 is 0 Å². The number of rotatable bonds is 8. The first-order valence-corrected chi connectivity index (χ1v) is 7.65. The van der Waals surface area contributed by atoms with Crippen LogP contribution in [-0.2, 0) is 6.54 Å². The maximum Gasteiger partial charge on any atom is 0.117 e. The lowest BCUT2D eigenvalue weighted by molar-refractivity contribution is 0.270. The predicted octanol–water partition coefficient (Wildman–Crippen LogP) is 2.29. The first kappa shape index (κ1) is 15.7. The molecule has 2 N–H and O–H groups in total. The molecule has 0 radical (unpaired) electrons. The smallest absolute Gasteiger partial charge is 0.117 e. The molecule has 1 aromatic carbocycles. The first-order valence-electron chi connectivity index (χ1n) is 7.65. The number of hydrogen-bond donors (Lipinski definition) is 2. The third-order valence-corrected chi connectivity index (χ3v) is 3.71. The Morgan fingerprint density at radius 1 is 1.14 bits per heavy atom. The standard InChI is InChI=1S/C16H25N5/c1-4-21(5-2)12-13(3)17-11-15-16(19-20-18-15)14-9-7-6-8-10-14/h6-10,13,17H,4-5,11-12H2,1-3H3,(H,18,19,20). The zero-order chi connectivity index (χ0) is 15.1. The molecular formula is C16H25N5. The van der Waals surface area contributed by atoms with E-state index in [9.17, 15) is 0 Å². The zero-order valence-corrected chi connectivity index (χ0v) is 13.1. The Bertz CT molecular complexity index is 518. The van der Waals surface area contributed by atoms with Crippen LogP contribution in [0.4, 0.5) is 0 Å². The highest BCUT2D eigenvalue weighted by Gasteiger charge is 2.12. The summed E-state index contributed by atoms with van der Waals surface area (Å²) in [7, 11) is 0. The molecule has 1 unspecified atom stereocenters. The van der Waals surface area contributed by atoms with Crippen LogP contribution in [0.25, 0.3) is 11.3 Å². The molecule has 0 spiro atoms. The molecule has 0 fully saturated rings. The van der Waals surface area contributed by atoms with Gasteiger partial charge in [0.25, 0.3) is 0 Å². The second kappa shape index (κ2) is 7.90. The molecule has 0 aliphatic heterocycles. The monoisotopic (exact) mass is 287 g/mol. The average molecular weight is 287 g/mol. The van der Waals surface area contributed by atoms with Crippen LogP contribution >= 0.6 is 0 Å². The molecule has 0 bridgehead atoms. The van der Waals surface area contributed by atoms with Gasteiger partial charge in [-0.3, -0.25) is 0 Å². The SMILES string of the molecule is CCN(CC)CC(C)NCc1n[nH]nc1-c1ccccc1. The highest BCUT2D eigenvalue weighted by atomic mass is 15.3. The summed E-state index contributed by atoms with van der Waals surface area (Å²) in [5.41, 5.74) is 2.99. The van der Waals surface area contributed by atoms with Crippen LogP contribution in [0.3, 0.4) is 0 Å². The van der Waals surface area contributed by atoms with Crippen molar-refractivity contribution in [2.24, 2.45) is 0 Å². The van der Waals surface area contributed by atoms with Crippen molar-refractivity contribution in [1.29, 1.82) is 0 Å². The number of likely N-dealkylation sites (N-methyl/N-ethyl adjacent to an activating group) is 1. The molecule has 0 saturated carbocycles. The molecule has 0 aliphatic carbocycles. The van der Waals surface area contributed by atoms with E-state index in [-0.39, 0.29) is 0 Å². The van der Waals surface area contributed by atoms with Crippen molar-refractivity contribution in [3.05, 3.63) is 36.0 Å². The lowest BCUT2D eigenvalue weighted by atomic mass is 10.1. The fraction of sp³-hybridized carbons (Fsp3) is 0.500. The van der Waals surface area contributed by atoms with Crippen LogP contribution in [-0.4, -0.2) is 46.0 Å². The molecule has 0 aliphatic rings. The van der Waals surface area contributed by atoms with E-state index in [1.165, 1.54) is 0 Å². The van der Waals surface area contributed by atoms with Gasteiger partial charge in [0.1, 0.15) is 11.4 Å². The maximum absolute atomic E-state index is 4.27. The van der Waals surface area contributed by atoms with E-state index in [1.807, 2.05) is 18.2 Å². The van der Waals surface area contributed by atoms with Gasteiger partial charge in [0.2, 0.25) is 0 Å². The number of hydrogen-bond acceptors (Lipinski definition) is 4. The molecule has 21 heavy (non-hydrogen) atoms. The molecule has 0 saturated heterocycles. The van der Waals surface area contributed by atoms with Gasteiger partial charge in [-0.15, -0.1) is 0 Å². The Balaban J connectivity index is 1.94. The van der Waals surface area contributed by atoms with E-state index in [0.29, 0.717) is 6.04 Å². The van der Waals surface area contributed by atoms with E-state index < -0.39 is 0 Å². The van der Waals surface area contributed by atoms with Crippen molar-refractivity contribution >= 4 is 0 Å². The highest BCUT2D eigenvalue weighted by Crippen LogP contribution is 2.18. The Hall–Kier alpha value is -1.72. The van der Waals surface area contributed by atoms with Crippen molar-refractivity contribution in [2.75, 3.05) is 19.6 Å². The molecule has 2 aromatic rings. The summed E-state index contributed by atoms with van der Waals surface area (Å²) in [5, 5.41) is 14.8. The van der Waals surface area contributed by atoms with Gasteiger partial charge >= 0.3 is 0 Å². The quantitative estimate of drug-likeness (QED) is 0.782. The summed E-state index contributed by atoms with van der Waals surface area (Å²) in [5.74, 6) is 0. The number of benzene rings is 1. The fourth-order valence-corrected chi connectivity index (χ4v) is 2.41. The minimum Gasteiger partial charge on any atom is -0.307 e. The third-order valence-electron chi connectivity index (χ3n) is 3.71. The van der Waals surface area contributed by atoms with E-state index in [1.54, 1.807) is 0 Å². The van der Waals surface area contributed by atoms with E-state index in [4.69, 9.17) is 0 Å². The van der Waals surface area contributed by atoms with Gasteiger partial charge in [-0.2, -0.15) is 15.4 Å². The molecular weight excluding hydrogens is 262 g/mol. The Morgan fingerprint density at radius 3 is 2.52 bits per heavy atom. The molecule has 1 aromatic heterocycles. The van der Waals surface area contributed by atoms with Crippen LogP contribution in [0.1, 0.15) is 26.5 Å². The first-order chi connectivity index (χ1) is 10.2. The van der Waals surface area contributed by atoms with Crippen LogP contribution < -0.4 is 5.32 Å². The lowest BCUT2D eigenvalue weighted by Crippen LogP contribution is -2.38. The highest BCUT2D eigenvalue weighted by molar-refractivity contribution is 5.60. The van der Waals surface area contributed by atoms with Gasteiger partial charge in [-0.1, -0.05) is 44.2 Å². The molecule has 114 valence electrons. The second-order valence-electron chi connectivity index (χ2n) is 5.25. The van der Waals surface area contributed by atoms with E-state index in [2.05, 4.69) is 58.5 Å². The molecule has 2 rings (SSSR count). The van der Waals surface area contributed by atoms with Crippen LogP contribution in [0.2, 0.25) is 0 Å². The minimum atomic E-state index is 0.422. The molecule has 5 nitrogen and oxygen atoms in total. The largest absolute Gasteiger partial charge is 0.307 e. The Morgan fingerprint density at radius 2 is 1.86 bits per heavy atom. The van der Waals surface area contributed by atoms with Crippen LogP contribution in [0.5, 0.6) is 0 Å². The summed E-state index contributed by atoms with van der Waals surface area (Å²) < 4.78 is 0. The third kappa shape index (κ3) is 4.37. The summed E-state index contributed by atoms with van der Waals surface area (Å²) in [6.45, 7) is 10.5. The lowest BCUT2D eigenvalue weighted by Gasteiger charge is -2.23. The van der Waals surface area contributed by atoms with Crippen molar-refractivity contribution in [2.45, 2.75) is 33.4 Å². The van der Waals surface area contributed by atoms with Gasteiger partial charge in [-0.05, 0) is 20.0 Å². The van der Waals surface area contributed by atoms with Gasteiger partial charge in [-0.25, -0.2) is 0 Å². The summed E-state index contributed by atoms with van der Waals surface area (Å²) in [6, 6.07) is 10.6. The van der Waals surface area contributed by atoms with Crippen molar-refractivity contribution in [3.63, 3.8) is 0 Å². The van der Waals surface area contributed by atoms with Crippen LogP contribution in [0.15, 0.2) is 30.3 Å². The number of aromatic nitrogens is 3. The predicted molar refractivity (Wildman–Crippen MR) is 85.9 cm³/mol. The normalized spacial score (nSPS) is 12.8. The average Bonchev–Trinajstić information content (AvgIpc) is 3.00. The summed E-state index contributed by atoms with van der Waals surface area (Å²) in [4.78, 5) is 2.42. The van der Waals surface area contributed by atoms with Crippen molar-refractivity contribution in [1.82, 2.24) is 25.6 Å². The number of nitrogens with one attached hydrogen (secondary N) is 2. The Kier molecular flexibility index (Phi) is 5.90.